The molecule has 0 saturated carbocycles. The highest BCUT2D eigenvalue weighted by atomic mass is 16.6. The van der Waals surface area contributed by atoms with E-state index in [1.165, 1.54) is 0 Å². The number of carbonyl (C=O) groups is 1. The molecule has 0 radical (unpaired) electrons. The second-order valence-corrected chi connectivity index (χ2v) is 6.73. The van der Waals surface area contributed by atoms with Gasteiger partial charge in [0.2, 0.25) is 0 Å². The lowest BCUT2D eigenvalue weighted by Gasteiger charge is -2.25. The van der Waals surface area contributed by atoms with Crippen molar-refractivity contribution in [2.75, 3.05) is 13.2 Å². The summed E-state index contributed by atoms with van der Waals surface area (Å²) in [6.07, 6.45) is 3.50. The fourth-order valence-corrected chi connectivity index (χ4v) is 3.18. The molecule has 148 valence electrons. The van der Waals surface area contributed by atoms with Crippen LogP contribution in [0, 0.1) is 6.92 Å². The van der Waals surface area contributed by atoms with E-state index in [0.29, 0.717) is 35.8 Å². The Morgan fingerprint density at radius 1 is 1.21 bits per heavy atom. The van der Waals surface area contributed by atoms with Crippen LogP contribution in [0.25, 0.3) is 0 Å². The number of benzene rings is 1. The van der Waals surface area contributed by atoms with Crippen LogP contribution in [-0.4, -0.2) is 24.0 Å². The second-order valence-electron chi connectivity index (χ2n) is 6.73. The summed E-state index contributed by atoms with van der Waals surface area (Å²) in [6.45, 7) is 2.31. The van der Waals surface area contributed by atoms with E-state index in [4.69, 9.17) is 13.9 Å². The maximum absolute atomic E-state index is 12.5. The zero-order valence-electron chi connectivity index (χ0n) is 15.9. The minimum Gasteiger partial charge on any atom is -0.485 e. The number of ether oxygens (including phenoxy) is 2. The van der Waals surface area contributed by atoms with Crippen LogP contribution in [0.3, 0.4) is 0 Å². The molecule has 1 aromatic carbocycles. The fraction of sp³-hybridized carbons (Fsp3) is 0.227. The normalized spacial score (nSPS) is 15.0. The molecule has 29 heavy (non-hydrogen) atoms. The SMILES string of the molecule is Cc1cc(C2COc3ccccc3O2)oc(=O)c1C(=O)NCCc1cccnc1. The Labute approximate surface area is 167 Å². The predicted octanol–water partition coefficient (Wildman–Crippen LogP) is 2.83. The average molecular weight is 392 g/mol. The molecular weight excluding hydrogens is 372 g/mol. The summed E-state index contributed by atoms with van der Waals surface area (Å²) in [5.41, 5.74) is 0.831. The lowest BCUT2D eigenvalue weighted by atomic mass is 10.1. The first-order valence-electron chi connectivity index (χ1n) is 9.32. The molecule has 1 atom stereocenters. The topological polar surface area (TPSA) is 90.7 Å². The van der Waals surface area contributed by atoms with E-state index < -0.39 is 17.6 Å². The standard InChI is InChI=1S/C22H20N2O5/c1-14-11-18(19-13-27-16-6-2-3-7-17(16)28-19)29-22(26)20(14)21(25)24-10-8-15-5-4-9-23-12-15/h2-7,9,11-12,19H,8,10,13H2,1H3,(H,24,25). The van der Waals surface area contributed by atoms with Gasteiger partial charge in [0, 0.05) is 18.9 Å². The van der Waals surface area contributed by atoms with E-state index in [-0.39, 0.29) is 12.2 Å². The number of hydrogen-bond acceptors (Lipinski definition) is 6. The Morgan fingerprint density at radius 3 is 2.79 bits per heavy atom. The van der Waals surface area contributed by atoms with Gasteiger partial charge in [0.1, 0.15) is 12.2 Å². The Morgan fingerprint density at radius 2 is 2.03 bits per heavy atom. The van der Waals surface area contributed by atoms with E-state index in [1.54, 1.807) is 31.5 Å². The number of nitrogens with one attached hydrogen (secondary N) is 1. The molecule has 3 aromatic rings. The molecule has 3 heterocycles. The van der Waals surface area contributed by atoms with Crippen LogP contribution in [-0.2, 0) is 6.42 Å². The monoisotopic (exact) mass is 392 g/mol. The molecule has 7 nitrogen and oxygen atoms in total. The molecule has 0 aliphatic carbocycles. The number of fused-ring (bicyclic) bond motifs is 1. The van der Waals surface area contributed by atoms with Gasteiger partial charge in [-0.25, -0.2) is 4.79 Å². The third kappa shape index (κ3) is 4.13. The van der Waals surface area contributed by atoms with Crippen molar-refractivity contribution in [2.24, 2.45) is 0 Å². The van der Waals surface area contributed by atoms with Crippen LogP contribution in [0.4, 0.5) is 0 Å². The zero-order valence-corrected chi connectivity index (χ0v) is 15.9. The van der Waals surface area contributed by atoms with Crippen LogP contribution < -0.4 is 20.4 Å². The Bertz CT molecular complexity index is 1080. The molecule has 1 aliphatic rings. The van der Waals surface area contributed by atoms with Gasteiger partial charge in [0.25, 0.3) is 5.91 Å². The van der Waals surface area contributed by atoms with Crippen LogP contribution in [0.2, 0.25) is 0 Å². The summed E-state index contributed by atoms with van der Waals surface area (Å²) in [7, 11) is 0. The minimum atomic E-state index is -0.693. The van der Waals surface area contributed by atoms with Crippen molar-refractivity contribution >= 4 is 5.91 Å². The summed E-state index contributed by atoms with van der Waals surface area (Å²) in [4.78, 5) is 29.0. The first kappa shape index (κ1) is 18.7. The zero-order chi connectivity index (χ0) is 20.2. The number of amides is 1. The first-order valence-corrected chi connectivity index (χ1v) is 9.32. The van der Waals surface area contributed by atoms with Gasteiger partial charge in [-0.05, 0) is 48.7 Å². The van der Waals surface area contributed by atoms with Crippen LogP contribution in [0.1, 0.15) is 33.3 Å². The number of nitrogens with zero attached hydrogens (tertiary/aromatic N) is 1. The van der Waals surface area contributed by atoms with Crippen molar-refractivity contribution in [1.82, 2.24) is 10.3 Å². The highest BCUT2D eigenvalue weighted by Crippen LogP contribution is 2.35. The van der Waals surface area contributed by atoms with Crippen molar-refractivity contribution in [3.8, 4) is 11.5 Å². The van der Waals surface area contributed by atoms with Crippen molar-refractivity contribution in [3.05, 3.63) is 87.7 Å². The molecule has 0 fully saturated rings. The molecule has 0 saturated heterocycles. The average Bonchev–Trinajstić information content (AvgIpc) is 2.73. The van der Waals surface area contributed by atoms with E-state index >= 15 is 0 Å². The van der Waals surface area contributed by atoms with E-state index in [0.717, 1.165) is 5.56 Å². The van der Waals surface area contributed by atoms with E-state index in [2.05, 4.69) is 10.3 Å². The summed E-state index contributed by atoms with van der Waals surface area (Å²) >= 11 is 0. The van der Waals surface area contributed by atoms with E-state index in [9.17, 15) is 9.59 Å². The van der Waals surface area contributed by atoms with Crippen LogP contribution in [0.15, 0.2) is 64.1 Å². The molecule has 1 amide bonds. The highest BCUT2D eigenvalue weighted by molar-refractivity contribution is 5.95. The summed E-state index contributed by atoms with van der Waals surface area (Å²) in [5, 5.41) is 2.76. The summed E-state index contributed by atoms with van der Waals surface area (Å²) in [6, 6.07) is 12.7. The largest absolute Gasteiger partial charge is 0.485 e. The number of carbonyl (C=O) groups excluding carboxylic acids is 1. The number of aromatic nitrogens is 1. The predicted molar refractivity (Wildman–Crippen MR) is 105 cm³/mol. The third-order valence-corrected chi connectivity index (χ3v) is 4.64. The highest BCUT2D eigenvalue weighted by Gasteiger charge is 2.26. The van der Waals surface area contributed by atoms with Crippen LogP contribution in [0.5, 0.6) is 11.5 Å². The van der Waals surface area contributed by atoms with Crippen molar-refractivity contribution < 1.29 is 18.7 Å². The molecule has 1 unspecified atom stereocenters. The molecule has 1 N–H and O–H groups in total. The Kier molecular flexibility index (Phi) is 5.29. The first-order chi connectivity index (χ1) is 14.1. The maximum Gasteiger partial charge on any atom is 0.349 e. The molecular formula is C22H20N2O5. The molecule has 0 bridgehead atoms. The van der Waals surface area contributed by atoms with Gasteiger partial charge in [-0.15, -0.1) is 0 Å². The smallest absolute Gasteiger partial charge is 0.349 e. The van der Waals surface area contributed by atoms with Gasteiger partial charge in [0.05, 0.1) is 0 Å². The number of para-hydroxylation sites is 2. The molecule has 1 aliphatic heterocycles. The quantitative estimate of drug-likeness (QED) is 0.718. The Hall–Kier alpha value is -3.61. The molecule has 0 spiro atoms. The van der Waals surface area contributed by atoms with Crippen LogP contribution >= 0.6 is 0 Å². The summed E-state index contributed by atoms with van der Waals surface area (Å²) in [5.74, 6) is 1.10. The number of pyridine rings is 1. The second kappa shape index (κ2) is 8.18. The number of rotatable bonds is 5. The van der Waals surface area contributed by atoms with E-state index in [1.807, 2.05) is 30.3 Å². The maximum atomic E-state index is 12.5. The number of hydrogen-bond donors (Lipinski definition) is 1. The van der Waals surface area contributed by atoms with Gasteiger partial charge < -0.3 is 19.2 Å². The molecule has 7 heteroatoms. The third-order valence-electron chi connectivity index (χ3n) is 4.64. The molecule has 4 rings (SSSR count). The van der Waals surface area contributed by atoms with Gasteiger partial charge >= 0.3 is 5.63 Å². The lowest BCUT2D eigenvalue weighted by Crippen LogP contribution is -2.32. The fourth-order valence-electron chi connectivity index (χ4n) is 3.18. The van der Waals surface area contributed by atoms with Crippen molar-refractivity contribution in [2.45, 2.75) is 19.4 Å². The Balaban J connectivity index is 1.46. The lowest BCUT2D eigenvalue weighted by molar-refractivity contribution is 0.0721. The van der Waals surface area contributed by atoms with Gasteiger partial charge in [0.15, 0.2) is 23.4 Å². The summed E-state index contributed by atoms with van der Waals surface area (Å²) < 4.78 is 16.9. The van der Waals surface area contributed by atoms with Gasteiger partial charge in [-0.2, -0.15) is 0 Å². The van der Waals surface area contributed by atoms with Crippen molar-refractivity contribution in [3.63, 3.8) is 0 Å². The van der Waals surface area contributed by atoms with Gasteiger partial charge in [-0.3, -0.25) is 9.78 Å². The molecule has 2 aromatic heterocycles. The minimum absolute atomic E-state index is 0.00272. The van der Waals surface area contributed by atoms with Gasteiger partial charge in [-0.1, -0.05) is 18.2 Å². The van der Waals surface area contributed by atoms with Crippen molar-refractivity contribution in [1.29, 1.82) is 0 Å². The number of aryl methyl sites for hydroxylation is 1.